The predicted octanol–water partition coefficient (Wildman–Crippen LogP) is 0.814. The highest BCUT2D eigenvalue weighted by Crippen LogP contribution is 2.10. The molecule has 0 bridgehead atoms. The van der Waals surface area contributed by atoms with E-state index in [1.54, 1.807) is 13.8 Å². The van der Waals surface area contributed by atoms with Gasteiger partial charge >= 0.3 is 5.82 Å². The molecule has 0 spiro atoms. The summed E-state index contributed by atoms with van der Waals surface area (Å²) in [5, 5.41) is 22.6. The zero-order valence-electron chi connectivity index (χ0n) is 9.69. The number of nitrogens with zero attached hydrogens (tertiary/aromatic N) is 1. The fourth-order valence-electron chi connectivity index (χ4n) is 1.11. The van der Waals surface area contributed by atoms with E-state index in [4.69, 9.17) is 0 Å². The molecule has 94 valence electrons. The van der Waals surface area contributed by atoms with Gasteiger partial charge < -0.3 is 20.5 Å². The average molecular weight is 241 g/mol. The second kappa shape index (κ2) is 4.96. The molecule has 1 unspecified atom stereocenters. The fourth-order valence-corrected chi connectivity index (χ4v) is 1.11. The minimum absolute atomic E-state index is 0.0924. The van der Waals surface area contributed by atoms with E-state index in [9.17, 15) is 20.0 Å². The van der Waals surface area contributed by atoms with E-state index in [0.29, 0.717) is 6.42 Å². The minimum Gasteiger partial charge on any atom is -0.388 e. The summed E-state index contributed by atoms with van der Waals surface area (Å²) >= 11 is 0. The Balaban J connectivity index is 2.61. The fraction of sp³-hybridized carbons (Fsp3) is 0.500. The highest BCUT2D eigenvalue weighted by molar-refractivity contribution is 5.92. The lowest BCUT2D eigenvalue weighted by Crippen LogP contribution is -2.40. The zero-order valence-corrected chi connectivity index (χ0v) is 9.69. The quantitative estimate of drug-likeness (QED) is 0.523. The molecule has 0 aliphatic heterocycles. The number of amides is 1. The normalized spacial score (nSPS) is 14.1. The molecular formula is C10H15N3O4. The number of H-pyrrole nitrogens is 1. The van der Waals surface area contributed by atoms with Gasteiger partial charge in [0, 0.05) is 12.6 Å². The standard InChI is InChI=1S/C10H15N3O4/c1-3-10(2,15)6-11-9(14)7-4-5-8(12-7)13(16)17/h4-5,12,15H,3,6H2,1-2H3,(H,11,14). The van der Waals surface area contributed by atoms with Crippen LogP contribution in [-0.4, -0.2) is 33.1 Å². The van der Waals surface area contributed by atoms with Crippen LogP contribution >= 0.6 is 0 Å². The monoisotopic (exact) mass is 241 g/mol. The van der Waals surface area contributed by atoms with Gasteiger partial charge in [0.15, 0.2) is 5.69 Å². The van der Waals surface area contributed by atoms with Crippen molar-refractivity contribution in [2.24, 2.45) is 0 Å². The van der Waals surface area contributed by atoms with Crippen molar-refractivity contribution in [1.29, 1.82) is 0 Å². The van der Waals surface area contributed by atoms with Gasteiger partial charge in [-0.3, -0.25) is 4.79 Å². The Labute approximate surface area is 98.0 Å². The van der Waals surface area contributed by atoms with Crippen molar-refractivity contribution in [2.75, 3.05) is 6.54 Å². The van der Waals surface area contributed by atoms with Crippen LogP contribution < -0.4 is 5.32 Å². The first-order valence-corrected chi connectivity index (χ1v) is 5.19. The molecule has 0 fully saturated rings. The first-order chi connectivity index (χ1) is 7.85. The van der Waals surface area contributed by atoms with Crippen molar-refractivity contribution in [3.8, 4) is 0 Å². The molecule has 1 atom stereocenters. The van der Waals surface area contributed by atoms with Crippen LogP contribution in [0.15, 0.2) is 12.1 Å². The number of carbonyl (C=O) groups is 1. The van der Waals surface area contributed by atoms with Gasteiger partial charge in [-0.05, 0) is 24.3 Å². The molecule has 1 rings (SSSR count). The van der Waals surface area contributed by atoms with E-state index in [0.717, 1.165) is 0 Å². The van der Waals surface area contributed by atoms with Crippen molar-refractivity contribution in [3.63, 3.8) is 0 Å². The van der Waals surface area contributed by atoms with Crippen molar-refractivity contribution < 1.29 is 14.8 Å². The highest BCUT2D eigenvalue weighted by Gasteiger charge is 2.21. The molecule has 0 aliphatic rings. The second-order valence-electron chi connectivity index (χ2n) is 4.05. The van der Waals surface area contributed by atoms with Gasteiger partial charge in [0.25, 0.3) is 5.91 Å². The van der Waals surface area contributed by atoms with Crippen LogP contribution in [-0.2, 0) is 0 Å². The lowest BCUT2D eigenvalue weighted by Gasteiger charge is -2.20. The summed E-state index contributed by atoms with van der Waals surface area (Å²) in [6.07, 6.45) is 0.498. The summed E-state index contributed by atoms with van der Waals surface area (Å²) in [5.41, 5.74) is -0.877. The third-order valence-electron chi connectivity index (χ3n) is 2.50. The van der Waals surface area contributed by atoms with Crippen molar-refractivity contribution in [1.82, 2.24) is 10.3 Å². The largest absolute Gasteiger partial charge is 0.388 e. The van der Waals surface area contributed by atoms with Crippen molar-refractivity contribution in [3.05, 3.63) is 27.9 Å². The molecule has 3 N–H and O–H groups in total. The predicted molar refractivity (Wildman–Crippen MR) is 60.7 cm³/mol. The molecule has 0 saturated carbocycles. The Morgan fingerprint density at radius 1 is 1.65 bits per heavy atom. The summed E-state index contributed by atoms with van der Waals surface area (Å²) in [6.45, 7) is 3.49. The van der Waals surface area contributed by atoms with E-state index in [2.05, 4.69) is 10.3 Å². The number of rotatable bonds is 5. The molecule has 7 heteroatoms. The SMILES string of the molecule is CCC(C)(O)CNC(=O)c1ccc([N+](=O)[O-])[nH]1. The molecule has 0 aliphatic carbocycles. The molecule has 17 heavy (non-hydrogen) atoms. The summed E-state index contributed by atoms with van der Waals surface area (Å²) in [5.74, 6) is -0.718. The first-order valence-electron chi connectivity index (χ1n) is 5.19. The van der Waals surface area contributed by atoms with Crippen molar-refractivity contribution in [2.45, 2.75) is 25.9 Å². The molecule has 7 nitrogen and oxygen atoms in total. The van der Waals surface area contributed by atoms with Gasteiger partial charge in [-0.15, -0.1) is 0 Å². The van der Waals surface area contributed by atoms with E-state index in [-0.39, 0.29) is 18.1 Å². The van der Waals surface area contributed by atoms with Gasteiger partial charge in [-0.1, -0.05) is 6.92 Å². The number of aliphatic hydroxyl groups is 1. The lowest BCUT2D eigenvalue weighted by molar-refractivity contribution is -0.389. The van der Waals surface area contributed by atoms with Gasteiger partial charge in [-0.25, -0.2) is 4.98 Å². The molecule has 1 heterocycles. The van der Waals surface area contributed by atoms with E-state index in [1.165, 1.54) is 12.1 Å². The molecule has 0 aromatic carbocycles. The van der Waals surface area contributed by atoms with Gasteiger partial charge in [-0.2, -0.15) is 0 Å². The third kappa shape index (κ3) is 3.56. The van der Waals surface area contributed by atoms with Crippen LogP contribution in [0.3, 0.4) is 0 Å². The Morgan fingerprint density at radius 2 is 2.29 bits per heavy atom. The Hall–Kier alpha value is -1.89. The first kappa shape index (κ1) is 13.2. The third-order valence-corrected chi connectivity index (χ3v) is 2.50. The van der Waals surface area contributed by atoms with Crippen molar-refractivity contribution >= 4 is 11.7 Å². The Morgan fingerprint density at radius 3 is 2.76 bits per heavy atom. The smallest absolute Gasteiger partial charge is 0.321 e. The summed E-state index contributed by atoms with van der Waals surface area (Å²) in [7, 11) is 0. The van der Waals surface area contributed by atoms with Crippen LogP contribution in [0.4, 0.5) is 5.82 Å². The number of carbonyl (C=O) groups excluding carboxylic acids is 1. The zero-order chi connectivity index (χ0) is 13.1. The Bertz CT molecular complexity index is 425. The van der Waals surface area contributed by atoms with Gasteiger partial charge in [0.2, 0.25) is 0 Å². The van der Waals surface area contributed by atoms with Gasteiger partial charge in [0.1, 0.15) is 0 Å². The topological polar surface area (TPSA) is 108 Å². The molecule has 1 aromatic rings. The molecule has 1 amide bonds. The number of hydrogen-bond acceptors (Lipinski definition) is 4. The second-order valence-corrected chi connectivity index (χ2v) is 4.05. The number of nitro groups is 1. The summed E-state index contributed by atoms with van der Waals surface area (Å²) < 4.78 is 0. The minimum atomic E-state index is -0.978. The van der Waals surface area contributed by atoms with E-state index in [1.807, 2.05) is 0 Å². The molecule has 1 aromatic heterocycles. The number of nitrogens with one attached hydrogen (secondary N) is 2. The van der Waals surface area contributed by atoms with Gasteiger partial charge in [0.05, 0.1) is 5.60 Å². The maximum Gasteiger partial charge on any atom is 0.321 e. The summed E-state index contributed by atoms with van der Waals surface area (Å²) in [4.78, 5) is 23.7. The summed E-state index contributed by atoms with van der Waals surface area (Å²) in [6, 6.07) is 2.54. The number of hydrogen-bond donors (Lipinski definition) is 3. The number of aromatic nitrogens is 1. The average Bonchev–Trinajstić information content (AvgIpc) is 2.75. The van der Waals surface area contributed by atoms with Crippen LogP contribution in [0, 0.1) is 10.1 Å². The van der Waals surface area contributed by atoms with Crippen LogP contribution in [0.1, 0.15) is 30.8 Å². The van der Waals surface area contributed by atoms with Crippen LogP contribution in [0.5, 0.6) is 0 Å². The Kier molecular flexibility index (Phi) is 3.84. The maximum absolute atomic E-state index is 11.6. The molecule has 0 saturated heterocycles. The van der Waals surface area contributed by atoms with E-state index < -0.39 is 16.4 Å². The molecular weight excluding hydrogens is 226 g/mol. The molecule has 0 radical (unpaired) electrons. The van der Waals surface area contributed by atoms with Crippen LogP contribution in [0.2, 0.25) is 0 Å². The lowest BCUT2D eigenvalue weighted by atomic mass is 10.0. The number of aromatic amines is 1. The van der Waals surface area contributed by atoms with Crippen LogP contribution in [0.25, 0.3) is 0 Å². The highest BCUT2D eigenvalue weighted by atomic mass is 16.6. The van der Waals surface area contributed by atoms with E-state index >= 15 is 0 Å². The maximum atomic E-state index is 11.6.